The molecule has 0 fully saturated rings. The number of carbonyl (C=O) groups is 3. The topological polar surface area (TPSA) is 78.9 Å². The lowest BCUT2D eigenvalue weighted by Gasteiger charge is -2.18. The van der Waals surface area contributed by atoms with E-state index in [4.69, 9.17) is 14.2 Å². The highest BCUT2D eigenvalue weighted by molar-refractivity contribution is 5.71. The average molecular weight is 769 g/mol. The molecule has 1 unspecified atom stereocenters. The summed E-state index contributed by atoms with van der Waals surface area (Å²) in [5.41, 5.74) is 0. The molecule has 0 aromatic heterocycles. The molecular formula is C49H84O6. The number of esters is 3. The number of hydrogen-bond donors (Lipinski definition) is 0. The third-order valence-corrected chi connectivity index (χ3v) is 9.49. The van der Waals surface area contributed by atoms with Crippen molar-refractivity contribution in [2.75, 3.05) is 13.2 Å². The SMILES string of the molecule is CC/C=C\C/C=C\C/C=C\C/C=C\CCCCCCCCCCC(=O)OCC(COC(=O)CCCCCCCC)OC(=O)CCCCCCC/C=C\CCC. The van der Waals surface area contributed by atoms with Gasteiger partial charge < -0.3 is 14.2 Å². The molecule has 0 bridgehead atoms. The average Bonchev–Trinajstić information content (AvgIpc) is 3.18. The number of unbranched alkanes of at least 4 members (excludes halogenated alkanes) is 19. The van der Waals surface area contributed by atoms with Gasteiger partial charge >= 0.3 is 17.9 Å². The summed E-state index contributed by atoms with van der Waals surface area (Å²) in [7, 11) is 0. The number of allylic oxidation sites excluding steroid dienone is 10. The Labute approximate surface area is 339 Å². The molecule has 316 valence electrons. The summed E-state index contributed by atoms with van der Waals surface area (Å²) < 4.78 is 16.6. The molecule has 0 spiro atoms. The summed E-state index contributed by atoms with van der Waals surface area (Å²) in [6.07, 6.45) is 52.3. The van der Waals surface area contributed by atoms with Crippen molar-refractivity contribution in [3.63, 3.8) is 0 Å². The fraction of sp³-hybridized carbons (Fsp3) is 0.735. The van der Waals surface area contributed by atoms with E-state index in [-0.39, 0.29) is 31.1 Å². The van der Waals surface area contributed by atoms with Crippen LogP contribution in [0.4, 0.5) is 0 Å². The lowest BCUT2D eigenvalue weighted by molar-refractivity contribution is -0.167. The molecule has 0 amide bonds. The van der Waals surface area contributed by atoms with Gasteiger partial charge in [-0.05, 0) is 77.0 Å². The molecular weight excluding hydrogens is 685 g/mol. The first-order chi connectivity index (χ1) is 27.0. The highest BCUT2D eigenvalue weighted by atomic mass is 16.6. The second-order valence-corrected chi connectivity index (χ2v) is 14.9. The van der Waals surface area contributed by atoms with Crippen molar-refractivity contribution in [1.29, 1.82) is 0 Å². The summed E-state index contributed by atoms with van der Waals surface area (Å²) >= 11 is 0. The Hall–Kier alpha value is -2.89. The van der Waals surface area contributed by atoms with E-state index in [1.54, 1.807) is 0 Å². The smallest absolute Gasteiger partial charge is 0.306 e. The molecule has 1 atom stereocenters. The molecule has 0 aromatic carbocycles. The normalized spacial score (nSPS) is 12.6. The molecule has 0 radical (unpaired) electrons. The second kappa shape index (κ2) is 43.8. The summed E-state index contributed by atoms with van der Waals surface area (Å²) in [6, 6.07) is 0. The maximum absolute atomic E-state index is 12.6. The van der Waals surface area contributed by atoms with Crippen LogP contribution >= 0.6 is 0 Å². The highest BCUT2D eigenvalue weighted by Crippen LogP contribution is 2.13. The molecule has 6 nitrogen and oxygen atoms in total. The summed E-state index contributed by atoms with van der Waals surface area (Å²) in [5.74, 6) is -0.914. The zero-order chi connectivity index (χ0) is 40.1. The maximum atomic E-state index is 12.6. The van der Waals surface area contributed by atoms with Crippen LogP contribution in [0.1, 0.15) is 213 Å². The van der Waals surface area contributed by atoms with Crippen molar-refractivity contribution in [2.45, 2.75) is 219 Å². The third kappa shape index (κ3) is 42.1. The minimum Gasteiger partial charge on any atom is -0.462 e. The summed E-state index contributed by atoms with van der Waals surface area (Å²) in [5, 5.41) is 0. The van der Waals surface area contributed by atoms with Crippen LogP contribution in [0.2, 0.25) is 0 Å². The summed E-state index contributed by atoms with van der Waals surface area (Å²) in [6.45, 7) is 6.37. The third-order valence-electron chi connectivity index (χ3n) is 9.49. The van der Waals surface area contributed by atoms with Crippen molar-refractivity contribution < 1.29 is 28.6 Å². The van der Waals surface area contributed by atoms with Crippen LogP contribution in [0.15, 0.2) is 60.8 Å². The fourth-order valence-corrected chi connectivity index (χ4v) is 6.08. The Morgan fingerprint density at radius 3 is 1.20 bits per heavy atom. The molecule has 6 heteroatoms. The van der Waals surface area contributed by atoms with Crippen molar-refractivity contribution in [3.05, 3.63) is 60.8 Å². The standard InChI is InChI=1S/C49H84O6/c1-4-7-10-13-16-18-20-21-22-23-24-25-26-27-28-29-30-32-33-36-39-42-48(51)54-45-46(44-53-47(50)41-38-35-15-12-9-6-3)55-49(52)43-40-37-34-31-19-17-14-11-8-5-2/h7,10-11,14,16,18,21-22,24-25,46H,4-6,8-9,12-13,15,17,19-20,23,26-45H2,1-3H3/b10-7-,14-11-,18-16-,22-21-,25-24-. The summed E-state index contributed by atoms with van der Waals surface area (Å²) in [4.78, 5) is 37.5. The first kappa shape index (κ1) is 52.1. The maximum Gasteiger partial charge on any atom is 0.306 e. The minimum atomic E-state index is -0.775. The van der Waals surface area contributed by atoms with Crippen LogP contribution in [0.3, 0.4) is 0 Å². The fourth-order valence-electron chi connectivity index (χ4n) is 6.08. The Morgan fingerprint density at radius 1 is 0.382 bits per heavy atom. The number of carbonyl (C=O) groups excluding carboxylic acids is 3. The second-order valence-electron chi connectivity index (χ2n) is 14.9. The monoisotopic (exact) mass is 769 g/mol. The zero-order valence-corrected chi connectivity index (χ0v) is 35.9. The Kier molecular flexibility index (Phi) is 41.5. The van der Waals surface area contributed by atoms with Gasteiger partial charge in [-0.2, -0.15) is 0 Å². The van der Waals surface area contributed by atoms with Gasteiger partial charge in [0.1, 0.15) is 13.2 Å². The van der Waals surface area contributed by atoms with Gasteiger partial charge in [-0.25, -0.2) is 0 Å². The number of hydrogen-bond acceptors (Lipinski definition) is 6. The lowest BCUT2D eigenvalue weighted by Crippen LogP contribution is -2.30. The number of rotatable bonds is 40. The molecule has 0 saturated carbocycles. The quantitative estimate of drug-likeness (QED) is 0.0267. The molecule has 0 aliphatic heterocycles. The van der Waals surface area contributed by atoms with Crippen LogP contribution in [-0.2, 0) is 28.6 Å². The van der Waals surface area contributed by atoms with Gasteiger partial charge in [-0.1, -0.05) is 178 Å². The zero-order valence-electron chi connectivity index (χ0n) is 35.9. The molecule has 0 aliphatic rings. The van der Waals surface area contributed by atoms with E-state index < -0.39 is 6.10 Å². The van der Waals surface area contributed by atoms with E-state index in [0.717, 1.165) is 109 Å². The Balaban J connectivity index is 4.19. The molecule has 0 saturated heterocycles. The predicted molar refractivity (Wildman–Crippen MR) is 233 cm³/mol. The predicted octanol–water partition coefficient (Wildman–Crippen LogP) is 14.5. The van der Waals surface area contributed by atoms with E-state index in [9.17, 15) is 14.4 Å². The van der Waals surface area contributed by atoms with E-state index in [1.165, 1.54) is 64.2 Å². The van der Waals surface area contributed by atoms with Gasteiger partial charge in [-0.15, -0.1) is 0 Å². The Bertz CT molecular complexity index is 1020. The van der Waals surface area contributed by atoms with Crippen LogP contribution < -0.4 is 0 Å². The van der Waals surface area contributed by atoms with E-state index >= 15 is 0 Å². The Morgan fingerprint density at radius 2 is 0.745 bits per heavy atom. The lowest BCUT2D eigenvalue weighted by atomic mass is 10.1. The first-order valence-electron chi connectivity index (χ1n) is 22.8. The molecule has 0 aromatic rings. The van der Waals surface area contributed by atoms with Gasteiger partial charge in [0, 0.05) is 19.3 Å². The van der Waals surface area contributed by atoms with Crippen molar-refractivity contribution in [1.82, 2.24) is 0 Å². The van der Waals surface area contributed by atoms with E-state index in [2.05, 4.69) is 81.5 Å². The van der Waals surface area contributed by atoms with Gasteiger partial charge in [0.05, 0.1) is 0 Å². The highest BCUT2D eigenvalue weighted by Gasteiger charge is 2.19. The van der Waals surface area contributed by atoms with Crippen molar-refractivity contribution >= 4 is 17.9 Å². The molecule has 0 N–H and O–H groups in total. The van der Waals surface area contributed by atoms with Gasteiger partial charge in [-0.3, -0.25) is 14.4 Å². The molecule has 0 rings (SSSR count). The van der Waals surface area contributed by atoms with Crippen LogP contribution in [0.5, 0.6) is 0 Å². The van der Waals surface area contributed by atoms with E-state index in [1.807, 2.05) is 0 Å². The van der Waals surface area contributed by atoms with Crippen LogP contribution in [0.25, 0.3) is 0 Å². The minimum absolute atomic E-state index is 0.0807. The van der Waals surface area contributed by atoms with Crippen molar-refractivity contribution in [3.8, 4) is 0 Å². The largest absolute Gasteiger partial charge is 0.462 e. The van der Waals surface area contributed by atoms with E-state index in [0.29, 0.717) is 19.3 Å². The van der Waals surface area contributed by atoms with Gasteiger partial charge in [0.25, 0.3) is 0 Å². The molecule has 0 heterocycles. The van der Waals surface area contributed by atoms with Gasteiger partial charge in [0.2, 0.25) is 0 Å². The molecule has 55 heavy (non-hydrogen) atoms. The molecule has 0 aliphatic carbocycles. The van der Waals surface area contributed by atoms with Crippen LogP contribution in [-0.4, -0.2) is 37.2 Å². The van der Waals surface area contributed by atoms with Crippen LogP contribution in [0, 0.1) is 0 Å². The van der Waals surface area contributed by atoms with Crippen molar-refractivity contribution in [2.24, 2.45) is 0 Å². The first-order valence-corrected chi connectivity index (χ1v) is 22.8. The van der Waals surface area contributed by atoms with Gasteiger partial charge in [0.15, 0.2) is 6.10 Å². The number of ether oxygens (including phenoxy) is 3.